The van der Waals surface area contributed by atoms with E-state index in [1.165, 1.54) is 5.56 Å². The van der Waals surface area contributed by atoms with Crippen LogP contribution in [0.15, 0.2) is 6.07 Å². The molecule has 0 heterocycles. The molecule has 22 heavy (non-hydrogen) atoms. The fourth-order valence-electron chi connectivity index (χ4n) is 2.81. The van der Waals surface area contributed by atoms with Crippen LogP contribution in [-0.4, -0.2) is 16.4 Å². The van der Waals surface area contributed by atoms with E-state index in [4.69, 9.17) is 9.84 Å². The van der Waals surface area contributed by atoms with E-state index in [1.807, 2.05) is 6.92 Å². The van der Waals surface area contributed by atoms with Crippen molar-refractivity contribution in [3.05, 3.63) is 22.8 Å². The van der Waals surface area contributed by atoms with E-state index in [2.05, 4.69) is 13.8 Å². The van der Waals surface area contributed by atoms with Crippen LogP contribution in [0.3, 0.4) is 0 Å². The number of benzene rings is 1. The fraction of sp³-hybridized carbons (Fsp3) is 0.611. The molecule has 1 rings (SSSR count). The summed E-state index contributed by atoms with van der Waals surface area (Å²) in [7, 11) is 0. The number of carboxylic acid groups (broad SMARTS) is 1. The number of ether oxygens (including phenoxy) is 1. The summed E-state index contributed by atoms with van der Waals surface area (Å²) in [6.45, 7) is 6.28. The minimum Gasteiger partial charge on any atom is -0.504 e. The van der Waals surface area contributed by atoms with Gasteiger partial charge in [0.25, 0.3) is 0 Å². The smallest absolute Gasteiger partial charge is 0.504 e. The van der Waals surface area contributed by atoms with Crippen molar-refractivity contribution in [1.29, 1.82) is 0 Å². The van der Waals surface area contributed by atoms with Crippen LogP contribution in [0, 0.1) is 0 Å². The first-order chi connectivity index (χ1) is 10.5. The first kappa shape index (κ1) is 18.3. The lowest BCUT2D eigenvalue weighted by molar-refractivity contribution is 0.142. The van der Waals surface area contributed by atoms with Crippen LogP contribution < -0.4 is 4.74 Å². The number of phenols is 1. The molecular formula is C18H28O4. The Kier molecular flexibility index (Phi) is 7.78. The largest absolute Gasteiger partial charge is 0.511 e. The van der Waals surface area contributed by atoms with Crippen LogP contribution in [0.25, 0.3) is 0 Å². The van der Waals surface area contributed by atoms with Crippen molar-refractivity contribution in [2.75, 3.05) is 0 Å². The number of unbranched alkanes of at least 4 members (excludes halogenated alkanes) is 3. The van der Waals surface area contributed by atoms with Gasteiger partial charge in [0.15, 0.2) is 11.5 Å². The summed E-state index contributed by atoms with van der Waals surface area (Å²) < 4.78 is 4.76. The molecular weight excluding hydrogens is 280 g/mol. The van der Waals surface area contributed by atoms with Gasteiger partial charge in [-0.3, -0.25) is 0 Å². The Bertz CT molecular complexity index is 494. The van der Waals surface area contributed by atoms with Gasteiger partial charge in [-0.05, 0) is 49.3 Å². The monoisotopic (exact) mass is 308 g/mol. The van der Waals surface area contributed by atoms with Crippen LogP contribution in [-0.2, 0) is 19.3 Å². The Morgan fingerprint density at radius 1 is 1.05 bits per heavy atom. The first-order valence-electron chi connectivity index (χ1n) is 8.32. The number of rotatable bonds is 9. The summed E-state index contributed by atoms with van der Waals surface area (Å²) in [5, 5.41) is 19.2. The Balaban J connectivity index is 3.23. The molecule has 0 radical (unpaired) electrons. The molecule has 4 heteroatoms. The van der Waals surface area contributed by atoms with Gasteiger partial charge < -0.3 is 14.9 Å². The number of aromatic hydroxyl groups is 1. The van der Waals surface area contributed by atoms with E-state index in [1.54, 1.807) is 6.07 Å². The van der Waals surface area contributed by atoms with Crippen LogP contribution in [0.5, 0.6) is 11.5 Å². The fourth-order valence-corrected chi connectivity index (χ4v) is 2.81. The van der Waals surface area contributed by atoms with Gasteiger partial charge in [-0.2, -0.15) is 0 Å². The van der Waals surface area contributed by atoms with Gasteiger partial charge in [-0.1, -0.05) is 40.0 Å². The molecule has 1 aromatic rings. The predicted molar refractivity (Wildman–Crippen MR) is 88.0 cm³/mol. The Hall–Kier alpha value is -1.71. The lowest BCUT2D eigenvalue weighted by Crippen LogP contribution is -2.07. The van der Waals surface area contributed by atoms with Gasteiger partial charge in [-0.15, -0.1) is 0 Å². The molecule has 0 amide bonds. The maximum Gasteiger partial charge on any atom is 0.511 e. The second-order valence-electron chi connectivity index (χ2n) is 5.62. The van der Waals surface area contributed by atoms with Crippen molar-refractivity contribution in [2.24, 2.45) is 0 Å². The van der Waals surface area contributed by atoms with E-state index >= 15 is 0 Å². The van der Waals surface area contributed by atoms with Crippen molar-refractivity contribution in [3.8, 4) is 11.5 Å². The van der Waals surface area contributed by atoms with Gasteiger partial charge >= 0.3 is 6.16 Å². The molecule has 0 unspecified atom stereocenters. The van der Waals surface area contributed by atoms with Crippen LogP contribution >= 0.6 is 0 Å². The molecule has 0 atom stereocenters. The Labute approximate surface area is 133 Å². The van der Waals surface area contributed by atoms with Crippen molar-refractivity contribution < 1.29 is 19.7 Å². The van der Waals surface area contributed by atoms with E-state index in [-0.39, 0.29) is 11.5 Å². The Morgan fingerprint density at radius 2 is 1.73 bits per heavy atom. The molecule has 2 N–H and O–H groups in total. The molecule has 0 spiro atoms. The van der Waals surface area contributed by atoms with E-state index < -0.39 is 6.16 Å². The molecule has 124 valence electrons. The standard InChI is InChI=1S/C18H28O4/c1-4-7-9-11-15-13(10-8-5-2)12-16(22-18(20)21)17(19)14(15)6-3/h12,19H,4-11H2,1-3H3,(H,20,21). The molecule has 0 saturated carbocycles. The molecule has 4 nitrogen and oxygen atoms in total. The molecule has 0 bridgehead atoms. The highest BCUT2D eigenvalue weighted by atomic mass is 16.7. The summed E-state index contributed by atoms with van der Waals surface area (Å²) in [4.78, 5) is 10.8. The number of hydrogen-bond donors (Lipinski definition) is 2. The molecule has 0 aliphatic carbocycles. The van der Waals surface area contributed by atoms with E-state index in [0.717, 1.165) is 56.1 Å². The zero-order valence-electron chi connectivity index (χ0n) is 13.9. The third-order valence-electron chi connectivity index (χ3n) is 3.96. The molecule has 1 aromatic carbocycles. The summed E-state index contributed by atoms with van der Waals surface area (Å²) in [6, 6.07) is 1.71. The van der Waals surface area contributed by atoms with Gasteiger partial charge in [0.2, 0.25) is 0 Å². The predicted octanol–water partition coefficient (Wildman–Crippen LogP) is 5.09. The van der Waals surface area contributed by atoms with Crippen molar-refractivity contribution in [1.82, 2.24) is 0 Å². The zero-order valence-corrected chi connectivity index (χ0v) is 13.9. The van der Waals surface area contributed by atoms with Crippen LogP contribution in [0.2, 0.25) is 0 Å². The van der Waals surface area contributed by atoms with E-state index in [0.29, 0.717) is 6.42 Å². The van der Waals surface area contributed by atoms with Crippen LogP contribution in [0.4, 0.5) is 4.79 Å². The van der Waals surface area contributed by atoms with Crippen molar-refractivity contribution >= 4 is 6.16 Å². The lowest BCUT2D eigenvalue weighted by Gasteiger charge is -2.18. The highest BCUT2D eigenvalue weighted by Crippen LogP contribution is 2.37. The molecule has 0 fully saturated rings. The first-order valence-corrected chi connectivity index (χ1v) is 8.32. The number of carbonyl (C=O) groups is 1. The zero-order chi connectivity index (χ0) is 16.5. The number of hydrogen-bond acceptors (Lipinski definition) is 3. The average Bonchev–Trinajstić information content (AvgIpc) is 2.48. The molecule has 0 saturated heterocycles. The van der Waals surface area contributed by atoms with Gasteiger partial charge in [0, 0.05) is 5.56 Å². The maximum absolute atomic E-state index is 10.8. The average molecular weight is 308 g/mol. The minimum absolute atomic E-state index is 0.0170. The topological polar surface area (TPSA) is 66.8 Å². The quantitative estimate of drug-likeness (QED) is 0.379. The van der Waals surface area contributed by atoms with E-state index in [9.17, 15) is 9.90 Å². The summed E-state index contributed by atoms with van der Waals surface area (Å²) in [6.07, 6.45) is 6.61. The highest BCUT2D eigenvalue weighted by Gasteiger charge is 2.18. The number of phenolic OH excluding ortho intramolecular Hbond substituents is 1. The molecule has 0 aromatic heterocycles. The second kappa shape index (κ2) is 9.34. The van der Waals surface area contributed by atoms with Gasteiger partial charge in [-0.25, -0.2) is 4.79 Å². The Morgan fingerprint density at radius 3 is 2.27 bits per heavy atom. The number of aryl methyl sites for hydroxylation is 1. The third-order valence-corrected chi connectivity index (χ3v) is 3.96. The summed E-state index contributed by atoms with van der Waals surface area (Å²) >= 11 is 0. The highest BCUT2D eigenvalue weighted by molar-refractivity contribution is 5.65. The normalized spacial score (nSPS) is 10.7. The minimum atomic E-state index is -1.39. The molecule has 0 aliphatic rings. The van der Waals surface area contributed by atoms with Crippen molar-refractivity contribution in [3.63, 3.8) is 0 Å². The second-order valence-corrected chi connectivity index (χ2v) is 5.62. The van der Waals surface area contributed by atoms with Gasteiger partial charge in [0.05, 0.1) is 0 Å². The maximum atomic E-state index is 10.8. The van der Waals surface area contributed by atoms with Gasteiger partial charge in [0.1, 0.15) is 0 Å². The SMILES string of the molecule is CCCCCc1c(CCCC)cc(OC(=O)O)c(O)c1CC. The summed E-state index contributed by atoms with van der Waals surface area (Å²) in [5.74, 6) is 0.0475. The van der Waals surface area contributed by atoms with Crippen molar-refractivity contribution in [2.45, 2.75) is 72.1 Å². The third kappa shape index (κ3) is 4.93. The summed E-state index contributed by atoms with van der Waals surface area (Å²) in [5.41, 5.74) is 3.13. The van der Waals surface area contributed by atoms with Crippen LogP contribution in [0.1, 0.15) is 69.6 Å². The molecule has 0 aliphatic heterocycles. The lowest BCUT2D eigenvalue weighted by atomic mass is 9.90.